The van der Waals surface area contributed by atoms with E-state index in [1.165, 1.54) is 51.4 Å². The fraction of sp³-hybridized carbons (Fsp3) is 0.933. The maximum atomic E-state index is 11.1. The van der Waals surface area contributed by atoms with Crippen LogP contribution in [0.15, 0.2) is 0 Å². The van der Waals surface area contributed by atoms with Gasteiger partial charge in [-0.2, -0.15) is 0 Å². The van der Waals surface area contributed by atoms with E-state index >= 15 is 0 Å². The fourth-order valence-electron chi connectivity index (χ4n) is 1.98. The number of carbonyl (C=O) groups excluding carboxylic acids is 1. The molecule has 0 saturated heterocycles. The topological polar surface area (TPSA) is 26.3 Å². The van der Waals surface area contributed by atoms with E-state index in [9.17, 15) is 4.79 Å². The molecule has 0 bridgehead atoms. The standard InChI is InChI=1S/C15H30O2/c1-4-7-9-10-12-14(11-8-5-2)13-17-15(16)6-3/h14H,4-13H2,1-3H3. The van der Waals surface area contributed by atoms with Crippen molar-refractivity contribution in [3.05, 3.63) is 0 Å². The van der Waals surface area contributed by atoms with E-state index in [1.807, 2.05) is 6.92 Å². The first-order valence-corrected chi connectivity index (χ1v) is 7.40. The zero-order valence-corrected chi connectivity index (χ0v) is 12.0. The van der Waals surface area contributed by atoms with Gasteiger partial charge in [0.15, 0.2) is 0 Å². The first-order chi connectivity index (χ1) is 8.24. The van der Waals surface area contributed by atoms with Gasteiger partial charge in [-0.15, -0.1) is 0 Å². The quantitative estimate of drug-likeness (QED) is 0.387. The molecule has 2 heteroatoms. The van der Waals surface area contributed by atoms with Crippen molar-refractivity contribution in [1.29, 1.82) is 0 Å². The highest BCUT2D eigenvalue weighted by molar-refractivity contribution is 5.68. The average molecular weight is 242 g/mol. The van der Waals surface area contributed by atoms with Gasteiger partial charge in [-0.25, -0.2) is 0 Å². The molecule has 0 aliphatic rings. The van der Waals surface area contributed by atoms with Gasteiger partial charge >= 0.3 is 5.97 Å². The Bertz CT molecular complexity index is 178. The second kappa shape index (κ2) is 11.9. The minimum absolute atomic E-state index is 0.0555. The second-order valence-corrected chi connectivity index (χ2v) is 4.89. The molecule has 0 heterocycles. The average Bonchev–Trinajstić information content (AvgIpc) is 2.36. The predicted octanol–water partition coefficient (Wildman–Crippen LogP) is 4.72. The molecule has 0 aromatic heterocycles. The van der Waals surface area contributed by atoms with Crippen LogP contribution in [0.3, 0.4) is 0 Å². The first-order valence-electron chi connectivity index (χ1n) is 7.40. The van der Waals surface area contributed by atoms with Gasteiger partial charge in [-0.1, -0.05) is 59.3 Å². The Hall–Kier alpha value is -0.530. The minimum atomic E-state index is -0.0555. The van der Waals surface area contributed by atoms with Gasteiger partial charge < -0.3 is 4.74 Å². The van der Waals surface area contributed by atoms with Crippen molar-refractivity contribution in [2.24, 2.45) is 5.92 Å². The van der Waals surface area contributed by atoms with Crippen molar-refractivity contribution < 1.29 is 9.53 Å². The molecule has 2 nitrogen and oxygen atoms in total. The lowest BCUT2D eigenvalue weighted by Crippen LogP contribution is -2.13. The molecule has 0 aliphatic heterocycles. The van der Waals surface area contributed by atoms with Crippen LogP contribution in [0.1, 0.15) is 78.6 Å². The fourth-order valence-corrected chi connectivity index (χ4v) is 1.98. The van der Waals surface area contributed by atoms with Crippen LogP contribution in [0.25, 0.3) is 0 Å². The van der Waals surface area contributed by atoms with Crippen LogP contribution in [0, 0.1) is 5.92 Å². The molecule has 1 unspecified atom stereocenters. The number of unbranched alkanes of at least 4 members (excludes halogenated alkanes) is 4. The van der Waals surface area contributed by atoms with Crippen LogP contribution in [-0.2, 0) is 9.53 Å². The van der Waals surface area contributed by atoms with Crippen LogP contribution >= 0.6 is 0 Å². The number of carbonyl (C=O) groups is 1. The first kappa shape index (κ1) is 16.5. The number of hydrogen-bond donors (Lipinski definition) is 0. The third-order valence-electron chi connectivity index (χ3n) is 3.20. The molecule has 17 heavy (non-hydrogen) atoms. The maximum Gasteiger partial charge on any atom is 0.305 e. The molecular weight excluding hydrogens is 212 g/mol. The number of hydrogen-bond acceptors (Lipinski definition) is 2. The Kier molecular flexibility index (Phi) is 11.6. The summed E-state index contributed by atoms with van der Waals surface area (Å²) in [7, 11) is 0. The molecule has 102 valence electrons. The molecule has 0 N–H and O–H groups in total. The van der Waals surface area contributed by atoms with Crippen LogP contribution in [0.5, 0.6) is 0 Å². The second-order valence-electron chi connectivity index (χ2n) is 4.89. The molecule has 0 spiro atoms. The maximum absolute atomic E-state index is 11.1. The highest BCUT2D eigenvalue weighted by Gasteiger charge is 2.10. The molecule has 0 saturated carbocycles. The van der Waals surface area contributed by atoms with Crippen molar-refractivity contribution in [1.82, 2.24) is 0 Å². The summed E-state index contributed by atoms with van der Waals surface area (Å²) in [5, 5.41) is 0. The minimum Gasteiger partial charge on any atom is -0.465 e. The van der Waals surface area contributed by atoms with Crippen LogP contribution < -0.4 is 0 Å². The Morgan fingerprint density at radius 3 is 2.18 bits per heavy atom. The number of rotatable bonds is 11. The van der Waals surface area contributed by atoms with Crippen LogP contribution in [0.4, 0.5) is 0 Å². The van der Waals surface area contributed by atoms with Gasteiger partial charge in [0.2, 0.25) is 0 Å². The summed E-state index contributed by atoms with van der Waals surface area (Å²) in [6.07, 6.45) is 10.6. The molecule has 0 fully saturated rings. The molecule has 0 aromatic rings. The number of esters is 1. The smallest absolute Gasteiger partial charge is 0.305 e. The Morgan fingerprint density at radius 2 is 1.59 bits per heavy atom. The van der Waals surface area contributed by atoms with E-state index in [-0.39, 0.29) is 5.97 Å². The summed E-state index contributed by atoms with van der Waals surface area (Å²) in [4.78, 5) is 11.1. The lowest BCUT2D eigenvalue weighted by Gasteiger charge is -2.16. The molecule has 0 aliphatic carbocycles. The van der Waals surface area contributed by atoms with Crippen molar-refractivity contribution in [3.8, 4) is 0 Å². The molecular formula is C15H30O2. The summed E-state index contributed by atoms with van der Waals surface area (Å²) >= 11 is 0. The third kappa shape index (κ3) is 10.3. The predicted molar refractivity (Wildman–Crippen MR) is 73.0 cm³/mol. The lowest BCUT2D eigenvalue weighted by molar-refractivity contribution is -0.144. The zero-order chi connectivity index (χ0) is 12.9. The van der Waals surface area contributed by atoms with Crippen molar-refractivity contribution in [3.63, 3.8) is 0 Å². The Labute approximate surface area is 107 Å². The summed E-state index contributed by atoms with van der Waals surface area (Å²) in [5.74, 6) is 0.530. The molecule has 0 amide bonds. The van der Waals surface area contributed by atoms with E-state index in [2.05, 4.69) is 13.8 Å². The number of ether oxygens (including phenoxy) is 1. The SMILES string of the molecule is CCCCCCC(CCCC)COC(=O)CC. The van der Waals surface area contributed by atoms with Crippen LogP contribution in [-0.4, -0.2) is 12.6 Å². The largest absolute Gasteiger partial charge is 0.465 e. The monoisotopic (exact) mass is 242 g/mol. The summed E-state index contributed by atoms with van der Waals surface area (Å²) < 4.78 is 5.27. The normalized spacial score (nSPS) is 12.4. The third-order valence-corrected chi connectivity index (χ3v) is 3.20. The van der Waals surface area contributed by atoms with E-state index in [4.69, 9.17) is 4.74 Å². The van der Waals surface area contributed by atoms with E-state index in [0.29, 0.717) is 18.9 Å². The molecule has 0 rings (SSSR count). The van der Waals surface area contributed by atoms with Gasteiger partial charge in [0.1, 0.15) is 0 Å². The van der Waals surface area contributed by atoms with Gasteiger partial charge in [0.25, 0.3) is 0 Å². The Balaban J connectivity index is 3.74. The van der Waals surface area contributed by atoms with E-state index in [1.54, 1.807) is 0 Å². The van der Waals surface area contributed by atoms with Gasteiger partial charge in [-0.3, -0.25) is 4.79 Å². The molecule has 1 atom stereocenters. The van der Waals surface area contributed by atoms with Gasteiger partial charge in [-0.05, 0) is 18.8 Å². The van der Waals surface area contributed by atoms with E-state index < -0.39 is 0 Å². The highest BCUT2D eigenvalue weighted by atomic mass is 16.5. The molecule has 0 radical (unpaired) electrons. The van der Waals surface area contributed by atoms with Crippen LogP contribution in [0.2, 0.25) is 0 Å². The highest BCUT2D eigenvalue weighted by Crippen LogP contribution is 2.18. The summed E-state index contributed by atoms with van der Waals surface area (Å²) in [5.41, 5.74) is 0. The zero-order valence-electron chi connectivity index (χ0n) is 12.0. The van der Waals surface area contributed by atoms with Crippen molar-refractivity contribution in [2.45, 2.75) is 78.6 Å². The van der Waals surface area contributed by atoms with Gasteiger partial charge in [0.05, 0.1) is 6.61 Å². The van der Waals surface area contributed by atoms with Gasteiger partial charge in [0, 0.05) is 6.42 Å². The Morgan fingerprint density at radius 1 is 0.941 bits per heavy atom. The summed E-state index contributed by atoms with van der Waals surface area (Å²) in [6.45, 7) is 6.94. The van der Waals surface area contributed by atoms with E-state index in [0.717, 1.165) is 0 Å². The lowest BCUT2D eigenvalue weighted by atomic mass is 9.96. The van der Waals surface area contributed by atoms with Crippen molar-refractivity contribution in [2.75, 3.05) is 6.61 Å². The molecule has 0 aromatic carbocycles. The summed E-state index contributed by atoms with van der Waals surface area (Å²) in [6, 6.07) is 0. The van der Waals surface area contributed by atoms with Crippen molar-refractivity contribution >= 4 is 5.97 Å².